The number of carbonyl (C=O) groups excluding carboxylic acids is 1. The number of halogens is 1. The van der Waals surface area contributed by atoms with E-state index in [1.807, 2.05) is 36.4 Å². The summed E-state index contributed by atoms with van der Waals surface area (Å²) < 4.78 is 11.5. The van der Waals surface area contributed by atoms with Gasteiger partial charge in [-0.2, -0.15) is 0 Å². The molecule has 1 fully saturated rings. The molecule has 162 valence electrons. The third-order valence-corrected chi connectivity index (χ3v) is 5.74. The maximum atomic E-state index is 12.8. The van der Waals surface area contributed by atoms with Gasteiger partial charge in [0.1, 0.15) is 11.9 Å². The van der Waals surface area contributed by atoms with Crippen LogP contribution in [0.4, 0.5) is 0 Å². The van der Waals surface area contributed by atoms with Crippen LogP contribution in [-0.4, -0.2) is 54.2 Å². The van der Waals surface area contributed by atoms with Crippen molar-refractivity contribution in [3.63, 3.8) is 0 Å². The van der Waals surface area contributed by atoms with Crippen LogP contribution in [0, 0.1) is 0 Å². The molecule has 2 heterocycles. The molecule has 1 aromatic heterocycles. The maximum absolute atomic E-state index is 12.8. The van der Waals surface area contributed by atoms with E-state index >= 15 is 0 Å². The summed E-state index contributed by atoms with van der Waals surface area (Å²) in [6.07, 6.45) is 2.30. The van der Waals surface area contributed by atoms with Crippen molar-refractivity contribution >= 4 is 17.5 Å². The van der Waals surface area contributed by atoms with Crippen molar-refractivity contribution in [2.24, 2.45) is 0 Å². The smallest absolute Gasteiger partial charge is 0.276 e. The molecular weight excluding hydrogens is 414 g/mol. The minimum Gasteiger partial charge on any atom is -0.490 e. The Balaban J connectivity index is 1.38. The van der Waals surface area contributed by atoms with Gasteiger partial charge in [-0.1, -0.05) is 28.9 Å². The van der Waals surface area contributed by atoms with Crippen LogP contribution in [-0.2, 0) is 6.54 Å². The van der Waals surface area contributed by atoms with Gasteiger partial charge in [-0.3, -0.25) is 4.79 Å². The first kappa shape index (κ1) is 21.4. The van der Waals surface area contributed by atoms with Crippen LogP contribution in [0.5, 0.6) is 5.75 Å². The summed E-state index contributed by atoms with van der Waals surface area (Å²) in [6.45, 7) is 2.56. The Morgan fingerprint density at radius 1 is 1.19 bits per heavy atom. The number of likely N-dealkylation sites (tertiary alicyclic amines) is 1. The average molecular weight is 440 g/mol. The van der Waals surface area contributed by atoms with E-state index in [0.29, 0.717) is 17.3 Å². The number of hydrogen-bond donors (Lipinski definition) is 0. The molecule has 31 heavy (non-hydrogen) atoms. The number of nitrogens with zero attached hydrogens (tertiary/aromatic N) is 3. The summed E-state index contributed by atoms with van der Waals surface area (Å²) in [7, 11) is 3.89. The van der Waals surface area contributed by atoms with E-state index in [1.54, 1.807) is 30.1 Å². The zero-order valence-electron chi connectivity index (χ0n) is 17.8. The van der Waals surface area contributed by atoms with Gasteiger partial charge in [-0.25, -0.2) is 0 Å². The summed E-state index contributed by atoms with van der Waals surface area (Å²) in [6, 6.07) is 16.8. The van der Waals surface area contributed by atoms with Crippen molar-refractivity contribution in [3.05, 3.63) is 70.9 Å². The largest absolute Gasteiger partial charge is 0.490 e. The molecule has 1 aliphatic rings. The topological polar surface area (TPSA) is 58.8 Å². The van der Waals surface area contributed by atoms with Crippen LogP contribution < -0.4 is 4.74 Å². The zero-order chi connectivity index (χ0) is 21.8. The number of ether oxygens (including phenoxy) is 1. The molecule has 0 atom stereocenters. The van der Waals surface area contributed by atoms with Gasteiger partial charge >= 0.3 is 0 Å². The summed E-state index contributed by atoms with van der Waals surface area (Å²) in [5.41, 5.74) is 2.09. The Morgan fingerprint density at radius 3 is 2.68 bits per heavy atom. The van der Waals surface area contributed by atoms with Gasteiger partial charge < -0.3 is 19.1 Å². The molecular formula is C24H26ClN3O3. The lowest BCUT2D eigenvalue weighted by molar-refractivity contribution is 0.0774. The van der Waals surface area contributed by atoms with Gasteiger partial charge in [0.15, 0.2) is 11.5 Å². The van der Waals surface area contributed by atoms with E-state index in [1.165, 1.54) is 0 Å². The number of rotatable bonds is 6. The highest BCUT2D eigenvalue weighted by atomic mass is 35.5. The number of piperidine rings is 1. The van der Waals surface area contributed by atoms with Crippen molar-refractivity contribution in [2.45, 2.75) is 25.5 Å². The van der Waals surface area contributed by atoms with E-state index < -0.39 is 0 Å². The first-order valence-electron chi connectivity index (χ1n) is 10.4. The van der Waals surface area contributed by atoms with E-state index in [-0.39, 0.29) is 17.7 Å². The minimum atomic E-state index is -0.203. The molecule has 0 unspecified atom stereocenters. The van der Waals surface area contributed by atoms with Crippen LogP contribution in [0.3, 0.4) is 0 Å². The standard InChI is InChI=1S/C24H26ClN3O3/c1-27-12-10-20(11-13-27)30-21-5-3-4-17(14-21)16-28(2)24(29)22-15-23(31-26-22)18-6-8-19(25)9-7-18/h3-9,14-15,20H,10-13,16H2,1-2H3. The molecule has 0 N–H and O–H groups in total. The Kier molecular flexibility index (Phi) is 6.59. The fraction of sp³-hybridized carbons (Fsp3) is 0.333. The predicted molar refractivity (Wildman–Crippen MR) is 120 cm³/mol. The van der Waals surface area contributed by atoms with Crippen molar-refractivity contribution in [1.82, 2.24) is 15.0 Å². The zero-order valence-corrected chi connectivity index (χ0v) is 18.5. The first-order valence-corrected chi connectivity index (χ1v) is 10.8. The minimum absolute atomic E-state index is 0.203. The molecule has 6 nitrogen and oxygen atoms in total. The third kappa shape index (κ3) is 5.46. The lowest BCUT2D eigenvalue weighted by Crippen LogP contribution is -2.35. The molecule has 0 aliphatic carbocycles. The Labute approximate surface area is 187 Å². The van der Waals surface area contributed by atoms with Crippen LogP contribution >= 0.6 is 11.6 Å². The second kappa shape index (κ2) is 9.54. The van der Waals surface area contributed by atoms with Crippen molar-refractivity contribution in [2.75, 3.05) is 27.2 Å². The lowest BCUT2D eigenvalue weighted by atomic mass is 10.1. The van der Waals surface area contributed by atoms with Crippen LogP contribution in [0.1, 0.15) is 28.9 Å². The summed E-state index contributed by atoms with van der Waals surface area (Å²) >= 11 is 5.93. The number of hydrogen-bond acceptors (Lipinski definition) is 5. The van der Waals surface area contributed by atoms with Crippen molar-refractivity contribution in [1.29, 1.82) is 0 Å². The third-order valence-electron chi connectivity index (χ3n) is 5.49. The highest BCUT2D eigenvalue weighted by Gasteiger charge is 2.20. The molecule has 0 saturated carbocycles. The number of amides is 1. The first-order chi connectivity index (χ1) is 15.0. The summed E-state index contributed by atoms with van der Waals surface area (Å²) in [5, 5.41) is 4.59. The number of carbonyl (C=O) groups is 1. The highest BCUT2D eigenvalue weighted by molar-refractivity contribution is 6.30. The number of aromatic nitrogens is 1. The van der Waals surface area contributed by atoms with Crippen LogP contribution in [0.15, 0.2) is 59.1 Å². The van der Waals surface area contributed by atoms with Gasteiger partial charge in [-0.05, 0) is 61.9 Å². The van der Waals surface area contributed by atoms with E-state index in [4.69, 9.17) is 20.9 Å². The average Bonchev–Trinajstić information content (AvgIpc) is 3.26. The van der Waals surface area contributed by atoms with Crippen molar-refractivity contribution < 1.29 is 14.1 Å². The van der Waals surface area contributed by atoms with E-state index in [9.17, 15) is 4.79 Å². The molecule has 3 aromatic rings. The second-order valence-electron chi connectivity index (χ2n) is 8.01. The lowest BCUT2D eigenvalue weighted by Gasteiger charge is -2.29. The van der Waals surface area contributed by atoms with Gasteiger partial charge in [0.05, 0.1) is 0 Å². The Morgan fingerprint density at radius 2 is 1.94 bits per heavy atom. The van der Waals surface area contributed by atoms with Gasteiger partial charge in [-0.15, -0.1) is 0 Å². The van der Waals surface area contributed by atoms with Crippen LogP contribution in [0.25, 0.3) is 11.3 Å². The molecule has 0 bridgehead atoms. The Hall–Kier alpha value is -2.83. The molecule has 0 spiro atoms. The molecule has 1 amide bonds. The molecule has 1 aliphatic heterocycles. The van der Waals surface area contributed by atoms with E-state index in [0.717, 1.165) is 42.8 Å². The summed E-state index contributed by atoms with van der Waals surface area (Å²) in [4.78, 5) is 16.8. The quantitative estimate of drug-likeness (QED) is 0.555. The fourth-order valence-electron chi connectivity index (χ4n) is 3.68. The second-order valence-corrected chi connectivity index (χ2v) is 8.45. The molecule has 4 rings (SSSR count). The van der Waals surface area contributed by atoms with Gasteiger partial charge in [0.2, 0.25) is 0 Å². The molecule has 1 saturated heterocycles. The molecule has 2 aromatic carbocycles. The maximum Gasteiger partial charge on any atom is 0.276 e. The van der Waals surface area contributed by atoms with Crippen LogP contribution in [0.2, 0.25) is 5.02 Å². The van der Waals surface area contributed by atoms with Crippen molar-refractivity contribution in [3.8, 4) is 17.1 Å². The summed E-state index contributed by atoms with van der Waals surface area (Å²) in [5.74, 6) is 1.17. The number of benzene rings is 2. The Bertz CT molecular complexity index is 1030. The normalized spacial score (nSPS) is 15.1. The fourth-order valence-corrected chi connectivity index (χ4v) is 3.81. The SMILES string of the molecule is CN1CCC(Oc2cccc(CN(C)C(=O)c3cc(-c4ccc(Cl)cc4)on3)c2)CC1. The van der Waals surface area contributed by atoms with E-state index in [2.05, 4.69) is 17.1 Å². The monoisotopic (exact) mass is 439 g/mol. The van der Waals surface area contributed by atoms with Gasteiger partial charge in [0, 0.05) is 43.3 Å². The molecule has 7 heteroatoms. The molecule has 0 radical (unpaired) electrons. The van der Waals surface area contributed by atoms with Gasteiger partial charge in [0.25, 0.3) is 5.91 Å². The predicted octanol–water partition coefficient (Wildman–Crippen LogP) is 4.74. The highest BCUT2D eigenvalue weighted by Crippen LogP contribution is 2.24.